The molecule has 3 N–H and O–H groups in total. The highest BCUT2D eigenvalue weighted by molar-refractivity contribution is 7.19. The molecule has 0 spiro atoms. The summed E-state index contributed by atoms with van der Waals surface area (Å²) in [6, 6.07) is 13.5. The minimum absolute atomic E-state index is 0.206. The van der Waals surface area contributed by atoms with Crippen molar-refractivity contribution in [2.75, 3.05) is 13.7 Å². The highest BCUT2D eigenvalue weighted by atomic mass is 32.1. The van der Waals surface area contributed by atoms with E-state index in [2.05, 4.69) is 5.32 Å². The van der Waals surface area contributed by atoms with Crippen molar-refractivity contribution in [3.05, 3.63) is 64.5 Å². The number of aryl methyl sites for hydroxylation is 1. The van der Waals surface area contributed by atoms with Crippen LogP contribution in [0.2, 0.25) is 0 Å². The predicted octanol–water partition coefficient (Wildman–Crippen LogP) is 2.41. The number of ketones is 1. The Hall–Kier alpha value is -3.72. The maximum atomic E-state index is 12.6. The fraction of sp³-hybridized carbons (Fsp3) is 0.250. The molecule has 0 aliphatic rings. The zero-order valence-corrected chi connectivity index (χ0v) is 19.1. The summed E-state index contributed by atoms with van der Waals surface area (Å²) in [5, 5.41) is 3.08. The SMILES string of the molecule is CCc1sc2cccc(OCC(=O)N[C@H](Cc3ccccc3)C(=O)OC)c2c1C(=O)C(N)=O. The van der Waals surface area contributed by atoms with Gasteiger partial charge in [-0.1, -0.05) is 43.3 Å². The highest BCUT2D eigenvalue weighted by Crippen LogP contribution is 2.38. The summed E-state index contributed by atoms with van der Waals surface area (Å²) in [6.07, 6.45) is 0.796. The van der Waals surface area contributed by atoms with Gasteiger partial charge in [-0.05, 0) is 24.1 Å². The van der Waals surface area contributed by atoms with Gasteiger partial charge in [0.05, 0.1) is 12.7 Å². The number of hydrogen-bond acceptors (Lipinski definition) is 7. The van der Waals surface area contributed by atoms with E-state index in [-0.39, 0.29) is 17.7 Å². The second-order valence-corrected chi connectivity index (χ2v) is 8.33. The van der Waals surface area contributed by atoms with E-state index in [1.54, 1.807) is 18.2 Å². The molecule has 0 unspecified atom stereocenters. The van der Waals surface area contributed by atoms with Gasteiger partial charge in [0, 0.05) is 21.4 Å². The monoisotopic (exact) mass is 468 g/mol. The number of amides is 2. The molecule has 0 aliphatic carbocycles. The predicted molar refractivity (Wildman–Crippen MR) is 124 cm³/mol. The lowest BCUT2D eigenvalue weighted by molar-refractivity contribution is -0.145. The third-order valence-corrected chi connectivity index (χ3v) is 6.28. The number of thiophene rings is 1. The molecular formula is C24H24N2O6S. The quantitative estimate of drug-likeness (QED) is 0.267. The first-order valence-corrected chi connectivity index (χ1v) is 11.1. The maximum Gasteiger partial charge on any atom is 0.328 e. The molecule has 2 aromatic carbocycles. The first kappa shape index (κ1) is 23.9. The van der Waals surface area contributed by atoms with Crippen LogP contribution in [0.5, 0.6) is 5.75 Å². The molecule has 0 saturated heterocycles. The van der Waals surface area contributed by atoms with Gasteiger partial charge < -0.3 is 20.5 Å². The van der Waals surface area contributed by atoms with Gasteiger partial charge in [0.25, 0.3) is 17.6 Å². The number of carbonyl (C=O) groups is 4. The second kappa shape index (κ2) is 10.7. The van der Waals surface area contributed by atoms with Crippen molar-refractivity contribution in [2.24, 2.45) is 5.73 Å². The zero-order valence-electron chi connectivity index (χ0n) is 18.3. The third-order valence-electron chi connectivity index (χ3n) is 4.98. The number of fused-ring (bicyclic) bond motifs is 1. The van der Waals surface area contributed by atoms with Gasteiger partial charge in [-0.3, -0.25) is 14.4 Å². The molecule has 33 heavy (non-hydrogen) atoms. The van der Waals surface area contributed by atoms with Crippen LogP contribution in [0.15, 0.2) is 48.5 Å². The number of hydrogen-bond donors (Lipinski definition) is 2. The van der Waals surface area contributed by atoms with Gasteiger partial charge in [0.15, 0.2) is 6.61 Å². The Morgan fingerprint density at radius 2 is 1.79 bits per heavy atom. The zero-order chi connectivity index (χ0) is 24.0. The molecule has 0 aliphatic heterocycles. The molecule has 8 nitrogen and oxygen atoms in total. The Kier molecular flexibility index (Phi) is 7.78. The molecule has 0 radical (unpaired) electrons. The molecule has 3 aromatic rings. The lowest BCUT2D eigenvalue weighted by Gasteiger charge is -2.17. The van der Waals surface area contributed by atoms with Crippen LogP contribution in [0.4, 0.5) is 0 Å². The molecule has 0 fully saturated rings. The molecule has 9 heteroatoms. The van der Waals surface area contributed by atoms with Crippen molar-refractivity contribution in [1.29, 1.82) is 0 Å². The third kappa shape index (κ3) is 5.56. The van der Waals surface area contributed by atoms with E-state index >= 15 is 0 Å². The van der Waals surface area contributed by atoms with Crippen LogP contribution >= 0.6 is 11.3 Å². The molecule has 1 aromatic heterocycles. The van der Waals surface area contributed by atoms with E-state index in [4.69, 9.17) is 15.2 Å². The first-order valence-electron chi connectivity index (χ1n) is 10.3. The number of ether oxygens (including phenoxy) is 2. The van der Waals surface area contributed by atoms with E-state index in [0.717, 1.165) is 10.3 Å². The van der Waals surface area contributed by atoms with Crippen LogP contribution in [0.3, 0.4) is 0 Å². The molecule has 172 valence electrons. The summed E-state index contributed by atoms with van der Waals surface area (Å²) in [5.41, 5.74) is 6.31. The van der Waals surface area contributed by atoms with Gasteiger partial charge in [0.2, 0.25) is 0 Å². The van der Waals surface area contributed by atoms with Gasteiger partial charge in [-0.15, -0.1) is 11.3 Å². The number of rotatable bonds is 10. The Labute approximate surface area is 194 Å². The van der Waals surface area contributed by atoms with Gasteiger partial charge in [-0.25, -0.2) is 4.79 Å². The van der Waals surface area contributed by atoms with Gasteiger partial charge >= 0.3 is 5.97 Å². The molecule has 1 heterocycles. The lowest BCUT2D eigenvalue weighted by atomic mass is 10.0. The molecule has 0 saturated carbocycles. The molecule has 3 rings (SSSR count). The number of nitrogens with two attached hydrogens (primary N) is 1. The Morgan fingerprint density at radius 1 is 1.06 bits per heavy atom. The summed E-state index contributed by atoms with van der Waals surface area (Å²) in [6.45, 7) is 1.47. The average Bonchev–Trinajstić information content (AvgIpc) is 3.21. The summed E-state index contributed by atoms with van der Waals surface area (Å²) in [7, 11) is 1.25. The average molecular weight is 469 g/mol. The van der Waals surface area contributed by atoms with Crippen LogP contribution < -0.4 is 15.8 Å². The summed E-state index contributed by atoms with van der Waals surface area (Å²) in [5.74, 6) is -2.69. The number of carbonyl (C=O) groups excluding carboxylic acids is 4. The number of Topliss-reactive ketones (excluding diaryl/α,β-unsaturated/α-hetero) is 1. The van der Waals surface area contributed by atoms with E-state index < -0.39 is 36.2 Å². The van der Waals surface area contributed by atoms with Crippen molar-refractivity contribution < 1.29 is 28.7 Å². The Balaban J connectivity index is 1.79. The van der Waals surface area contributed by atoms with E-state index in [9.17, 15) is 19.2 Å². The summed E-state index contributed by atoms with van der Waals surface area (Å²) >= 11 is 1.37. The lowest BCUT2D eigenvalue weighted by Crippen LogP contribution is -2.44. The number of primary amides is 1. The Morgan fingerprint density at radius 3 is 2.42 bits per heavy atom. The molecule has 0 bridgehead atoms. The van der Waals surface area contributed by atoms with Crippen LogP contribution in [-0.4, -0.2) is 43.3 Å². The van der Waals surface area contributed by atoms with Crippen molar-refractivity contribution in [2.45, 2.75) is 25.8 Å². The second-order valence-electron chi connectivity index (χ2n) is 7.20. The summed E-state index contributed by atoms with van der Waals surface area (Å²) in [4.78, 5) is 49.5. The largest absolute Gasteiger partial charge is 0.483 e. The first-order chi connectivity index (χ1) is 15.8. The smallest absolute Gasteiger partial charge is 0.328 e. The Bertz CT molecular complexity index is 1190. The number of nitrogens with one attached hydrogen (secondary N) is 1. The summed E-state index contributed by atoms with van der Waals surface area (Å²) < 4.78 is 11.3. The fourth-order valence-corrected chi connectivity index (χ4v) is 4.62. The maximum absolute atomic E-state index is 12.6. The van der Waals surface area contributed by atoms with Crippen molar-refractivity contribution in [3.63, 3.8) is 0 Å². The van der Waals surface area contributed by atoms with E-state index in [1.807, 2.05) is 37.3 Å². The van der Waals surface area contributed by atoms with Gasteiger partial charge in [-0.2, -0.15) is 0 Å². The van der Waals surface area contributed by atoms with Crippen LogP contribution in [-0.2, 0) is 32.0 Å². The van der Waals surface area contributed by atoms with E-state index in [1.165, 1.54) is 18.4 Å². The molecule has 1 atom stereocenters. The molecular weight excluding hydrogens is 444 g/mol. The van der Waals surface area contributed by atoms with E-state index in [0.29, 0.717) is 16.7 Å². The topological polar surface area (TPSA) is 125 Å². The van der Waals surface area contributed by atoms with Crippen LogP contribution in [0.1, 0.15) is 27.7 Å². The standard InChI is InChI=1S/C24H24N2O6S/c1-3-17-21(22(28)23(25)29)20-16(10-7-11-18(20)33-17)32-13-19(27)26-15(24(30)31-2)12-14-8-5-4-6-9-14/h4-11,15H,3,12-13H2,1-2H3,(H2,25,29)(H,26,27)/t15-/m1/s1. The van der Waals surface area contributed by atoms with Crippen LogP contribution in [0.25, 0.3) is 10.1 Å². The number of methoxy groups -OCH3 is 1. The minimum Gasteiger partial charge on any atom is -0.483 e. The van der Waals surface area contributed by atoms with Crippen LogP contribution in [0, 0.1) is 0 Å². The number of benzene rings is 2. The molecule has 2 amide bonds. The highest BCUT2D eigenvalue weighted by Gasteiger charge is 2.25. The van der Waals surface area contributed by atoms with Crippen molar-refractivity contribution >= 4 is 45.0 Å². The number of esters is 1. The van der Waals surface area contributed by atoms with Crippen molar-refractivity contribution in [1.82, 2.24) is 5.32 Å². The fourth-order valence-electron chi connectivity index (χ4n) is 3.46. The van der Waals surface area contributed by atoms with Crippen molar-refractivity contribution in [3.8, 4) is 5.75 Å². The normalized spacial score (nSPS) is 11.6. The van der Waals surface area contributed by atoms with Gasteiger partial charge in [0.1, 0.15) is 11.8 Å². The minimum atomic E-state index is -1.06.